The van der Waals surface area contributed by atoms with Crippen LogP contribution in [0, 0.1) is 0 Å². The van der Waals surface area contributed by atoms with E-state index in [-0.39, 0.29) is 5.91 Å². The van der Waals surface area contributed by atoms with Crippen LogP contribution in [0.3, 0.4) is 0 Å². The summed E-state index contributed by atoms with van der Waals surface area (Å²) >= 11 is 0. The van der Waals surface area contributed by atoms with Crippen LogP contribution in [-0.2, 0) is 11.2 Å². The minimum Gasteiger partial charge on any atom is -0.397 e. The van der Waals surface area contributed by atoms with Gasteiger partial charge in [0, 0.05) is 25.2 Å². The van der Waals surface area contributed by atoms with Crippen LogP contribution in [0.4, 0.5) is 17.1 Å². The minimum atomic E-state index is -0.562. The SMILES string of the molecule is CC1(O)CCN(c2cc3c(cc2N)NC(=O)CC3)CC1. The number of nitrogens with two attached hydrogens (primary N) is 1. The number of aliphatic hydroxyl groups is 1. The largest absolute Gasteiger partial charge is 0.397 e. The van der Waals surface area contributed by atoms with Gasteiger partial charge in [-0.15, -0.1) is 0 Å². The van der Waals surface area contributed by atoms with E-state index in [2.05, 4.69) is 16.3 Å². The second-order valence-corrected chi connectivity index (χ2v) is 6.10. The quantitative estimate of drug-likeness (QED) is 0.679. The Morgan fingerprint density at radius 3 is 2.70 bits per heavy atom. The number of nitrogen functional groups attached to an aromatic ring is 1. The first kappa shape index (κ1) is 13.2. The molecule has 1 amide bonds. The molecule has 0 aromatic heterocycles. The highest BCUT2D eigenvalue weighted by molar-refractivity contribution is 5.95. The molecule has 5 nitrogen and oxygen atoms in total. The van der Waals surface area contributed by atoms with Gasteiger partial charge in [0.1, 0.15) is 0 Å². The van der Waals surface area contributed by atoms with Gasteiger partial charge >= 0.3 is 0 Å². The summed E-state index contributed by atoms with van der Waals surface area (Å²) in [7, 11) is 0. The number of benzene rings is 1. The van der Waals surface area contributed by atoms with Gasteiger partial charge in [-0.3, -0.25) is 4.79 Å². The normalized spacial score (nSPS) is 21.3. The maximum atomic E-state index is 11.4. The van der Waals surface area contributed by atoms with E-state index in [1.807, 2.05) is 13.0 Å². The first-order chi connectivity index (χ1) is 9.44. The first-order valence-corrected chi connectivity index (χ1v) is 7.14. The highest BCUT2D eigenvalue weighted by Crippen LogP contribution is 2.35. The van der Waals surface area contributed by atoms with Crippen LogP contribution in [-0.4, -0.2) is 29.7 Å². The van der Waals surface area contributed by atoms with Crippen LogP contribution in [0.5, 0.6) is 0 Å². The van der Waals surface area contributed by atoms with E-state index < -0.39 is 5.60 Å². The highest BCUT2D eigenvalue weighted by Gasteiger charge is 2.28. The lowest BCUT2D eigenvalue weighted by molar-refractivity contribution is -0.116. The zero-order valence-electron chi connectivity index (χ0n) is 11.8. The summed E-state index contributed by atoms with van der Waals surface area (Å²) in [6.07, 6.45) is 2.80. The molecule has 20 heavy (non-hydrogen) atoms. The smallest absolute Gasteiger partial charge is 0.224 e. The Kier molecular flexibility index (Phi) is 3.09. The Hall–Kier alpha value is -1.75. The predicted molar refractivity (Wildman–Crippen MR) is 79.9 cm³/mol. The molecule has 0 saturated carbocycles. The third-order valence-corrected chi connectivity index (χ3v) is 4.33. The van der Waals surface area contributed by atoms with Crippen LogP contribution >= 0.6 is 0 Å². The van der Waals surface area contributed by atoms with Crippen molar-refractivity contribution in [3.8, 4) is 0 Å². The molecule has 0 atom stereocenters. The first-order valence-electron chi connectivity index (χ1n) is 7.14. The zero-order valence-corrected chi connectivity index (χ0v) is 11.8. The Balaban J connectivity index is 1.86. The molecule has 2 aliphatic heterocycles. The fraction of sp³-hybridized carbons (Fsp3) is 0.533. The number of piperidine rings is 1. The number of nitrogens with one attached hydrogen (secondary N) is 1. The lowest BCUT2D eigenvalue weighted by Crippen LogP contribution is -2.42. The topological polar surface area (TPSA) is 78.6 Å². The summed E-state index contributed by atoms with van der Waals surface area (Å²) in [4.78, 5) is 13.6. The molecule has 2 aliphatic rings. The minimum absolute atomic E-state index is 0.0543. The lowest BCUT2D eigenvalue weighted by atomic mass is 9.93. The van der Waals surface area contributed by atoms with Crippen molar-refractivity contribution in [3.05, 3.63) is 17.7 Å². The van der Waals surface area contributed by atoms with Crippen LogP contribution in [0.15, 0.2) is 12.1 Å². The van der Waals surface area contributed by atoms with Gasteiger partial charge in [-0.1, -0.05) is 0 Å². The molecule has 0 spiro atoms. The molecule has 1 aromatic rings. The van der Waals surface area contributed by atoms with Gasteiger partial charge in [0.05, 0.1) is 17.0 Å². The summed E-state index contributed by atoms with van der Waals surface area (Å²) in [6.45, 7) is 3.50. The number of hydrogen-bond acceptors (Lipinski definition) is 4. The van der Waals surface area contributed by atoms with E-state index in [1.165, 1.54) is 0 Å². The number of fused-ring (bicyclic) bond motifs is 1. The van der Waals surface area contributed by atoms with Gasteiger partial charge in [-0.2, -0.15) is 0 Å². The second-order valence-electron chi connectivity index (χ2n) is 6.10. The molecule has 4 N–H and O–H groups in total. The molecule has 2 heterocycles. The third kappa shape index (κ3) is 2.45. The van der Waals surface area contributed by atoms with Gasteiger partial charge in [-0.05, 0) is 43.9 Å². The predicted octanol–water partition coefficient (Wildman–Crippen LogP) is 1.50. The molecule has 108 valence electrons. The highest BCUT2D eigenvalue weighted by atomic mass is 16.3. The summed E-state index contributed by atoms with van der Waals surface area (Å²) in [6, 6.07) is 3.94. The molecule has 1 aromatic carbocycles. The number of carbonyl (C=O) groups excluding carboxylic acids is 1. The van der Waals surface area contributed by atoms with Gasteiger partial charge in [-0.25, -0.2) is 0 Å². The lowest BCUT2D eigenvalue weighted by Gasteiger charge is -2.38. The number of anilines is 3. The zero-order chi connectivity index (χ0) is 14.3. The number of carbonyl (C=O) groups is 1. The van der Waals surface area contributed by atoms with Crippen molar-refractivity contribution in [2.45, 2.75) is 38.2 Å². The molecule has 0 bridgehead atoms. The summed E-state index contributed by atoms with van der Waals surface area (Å²) in [5.41, 5.74) is 9.27. The molecule has 1 fully saturated rings. The summed E-state index contributed by atoms with van der Waals surface area (Å²) in [5, 5.41) is 12.9. The van der Waals surface area contributed by atoms with E-state index in [9.17, 15) is 9.90 Å². The molecule has 0 unspecified atom stereocenters. The van der Waals surface area contributed by atoms with Gasteiger partial charge in [0.15, 0.2) is 0 Å². The fourth-order valence-corrected chi connectivity index (χ4v) is 2.94. The van der Waals surface area contributed by atoms with Crippen molar-refractivity contribution in [1.29, 1.82) is 0 Å². The van der Waals surface area contributed by atoms with E-state index in [0.717, 1.165) is 49.3 Å². The number of aryl methyl sites for hydroxylation is 1. The molecule has 3 rings (SSSR count). The summed E-state index contributed by atoms with van der Waals surface area (Å²) < 4.78 is 0. The van der Waals surface area contributed by atoms with Crippen molar-refractivity contribution in [3.63, 3.8) is 0 Å². The number of amides is 1. The molecule has 0 radical (unpaired) electrons. The fourth-order valence-electron chi connectivity index (χ4n) is 2.94. The van der Waals surface area contributed by atoms with Crippen LogP contribution in [0.2, 0.25) is 0 Å². The van der Waals surface area contributed by atoms with Crippen molar-refractivity contribution >= 4 is 23.0 Å². The van der Waals surface area contributed by atoms with Gasteiger partial charge in [0.25, 0.3) is 0 Å². The Morgan fingerprint density at radius 2 is 2.00 bits per heavy atom. The van der Waals surface area contributed by atoms with E-state index in [1.54, 1.807) is 0 Å². The number of rotatable bonds is 1. The maximum Gasteiger partial charge on any atom is 0.224 e. The van der Waals surface area contributed by atoms with E-state index in [0.29, 0.717) is 12.1 Å². The Morgan fingerprint density at radius 1 is 1.30 bits per heavy atom. The molecular weight excluding hydrogens is 254 g/mol. The van der Waals surface area contributed by atoms with Crippen LogP contribution < -0.4 is 16.0 Å². The molecular formula is C15H21N3O2. The monoisotopic (exact) mass is 275 g/mol. The number of nitrogens with zero attached hydrogens (tertiary/aromatic N) is 1. The van der Waals surface area contributed by atoms with Crippen molar-refractivity contribution in [2.24, 2.45) is 0 Å². The van der Waals surface area contributed by atoms with Crippen molar-refractivity contribution < 1.29 is 9.90 Å². The molecule has 0 aliphatic carbocycles. The average Bonchev–Trinajstić information content (AvgIpc) is 2.38. The summed E-state index contributed by atoms with van der Waals surface area (Å²) in [5.74, 6) is 0.0543. The van der Waals surface area contributed by atoms with Crippen molar-refractivity contribution in [2.75, 3.05) is 29.0 Å². The third-order valence-electron chi connectivity index (χ3n) is 4.33. The standard InChI is InChI=1S/C15H21N3O2/c1-15(20)4-6-18(7-5-15)13-8-10-2-3-14(19)17-12(10)9-11(13)16/h8-9,20H,2-7,16H2,1H3,(H,17,19). The van der Waals surface area contributed by atoms with E-state index >= 15 is 0 Å². The van der Waals surface area contributed by atoms with E-state index in [4.69, 9.17) is 5.73 Å². The van der Waals surface area contributed by atoms with Crippen LogP contribution in [0.1, 0.15) is 31.7 Å². The van der Waals surface area contributed by atoms with Gasteiger partial charge < -0.3 is 21.1 Å². The Labute approximate surface area is 118 Å². The maximum absolute atomic E-state index is 11.4. The van der Waals surface area contributed by atoms with Gasteiger partial charge in [0.2, 0.25) is 5.91 Å². The van der Waals surface area contributed by atoms with Crippen molar-refractivity contribution in [1.82, 2.24) is 0 Å². The van der Waals surface area contributed by atoms with Crippen LogP contribution in [0.25, 0.3) is 0 Å². The average molecular weight is 275 g/mol. The second kappa shape index (κ2) is 4.66. The number of hydrogen-bond donors (Lipinski definition) is 3. The molecule has 5 heteroatoms. The molecule has 1 saturated heterocycles. The Bertz CT molecular complexity index is 544.